The molecule has 54 heavy (non-hydrogen) atoms. The first-order chi connectivity index (χ1) is 25.2. The summed E-state index contributed by atoms with van der Waals surface area (Å²) >= 11 is 0. The summed E-state index contributed by atoms with van der Waals surface area (Å²) in [6.07, 6.45) is 14.5. The molecule has 1 N–H and O–H groups in total. The van der Waals surface area contributed by atoms with Gasteiger partial charge in [-0.1, -0.05) is 74.5 Å². The van der Waals surface area contributed by atoms with Crippen molar-refractivity contribution in [3.63, 3.8) is 0 Å². The molecule has 0 radical (unpaired) electrons. The van der Waals surface area contributed by atoms with Gasteiger partial charge in [0.15, 0.2) is 0 Å². The molecular formula is C47H78N2O5. The van der Waals surface area contributed by atoms with Crippen LogP contribution in [0, 0.1) is 62.1 Å². The minimum atomic E-state index is -0.878. The molecule has 0 spiro atoms. The molecule has 5 saturated carbocycles. The van der Waals surface area contributed by atoms with Crippen molar-refractivity contribution in [2.45, 2.75) is 178 Å². The normalized spacial score (nSPS) is 41.4. The molecule has 0 aromatic heterocycles. The molecule has 6 fully saturated rings. The van der Waals surface area contributed by atoms with Crippen LogP contribution in [-0.2, 0) is 19.1 Å². The number of ether oxygens (including phenoxy) is 1. The first-order valence-corrected chi connectivity index (χ1v) is 22.3. The van der Waals surface area contributed by atoms with E-state index in [0.717, 1.165) is 64.7 Å². The van der Waals surface area contributed by atoms with Crippen LogP contribution in [0.3, 0.4) is 0 Å². The Labute approximate surface area is 329 Å². The maximum atomic E-state index is 14.5. The average molecular weight is 751 g/mol. The van der Waals surface area contributed by atoms with Gasteiger partial charge >= 0.3 is 11.9 Å². The van der Waals surface area contributed by atoms with Crippen molar-refractivity contribution in [1.82, 2.24) is 9.80 Å². The Morgan fingerprint density at radius 3 is 2.20 bits per heavy atom. The molecule has 5 aliphatic carbocycles. The van der Waals surface area contributed by atoms with Gasteiger partial charge in [-0.25, -0.2) is 0 Å². The fourth-order valence-electron chi connectivity index (χ4n) is 15.4. The highest BCUT2D eigenvalue weighted by molar-refractivity contribution is 5.78. The monoisotopic (exact) mass is 751 g/mol. The zero-order valence-corrected chi connectivity index (χ0v) is 36.2. The van der Waals surface area contributed by atoms with Gasteiger partial charge in [-0.3, -0.25) is 14.4 Å². The van der Waals surface area contributed by atoms with E-state index in [1.54, 1.807) is 0 Å². The van der Waals surface area contributed by atoms with Crippen LogP contribution < -0.4 is 0 Å². The second-order valence-corrected chi connectivity index (χ2v) is 21.8. The maximum Gasteiger partial charge on any atom is 0.306 e. The van der Waals surface area contributed by atoms with Crippen LogP contribution in [0.5, 0.6) is 0 Å². The quantitative estimate of drug-likeness (QED) is 0.158. The van der Waals surface area contributed by atoms with E-state index in [9.17, 15) is 19.5 Å². The Bertz CT molecular complexity index is 1450. The lowest BCUT2D eigenvalue weighted by Crippen LogP contribution is -2.67. The number of aliphatic carboxylic acids is 1. The first-order valence-electron chi connectivity index (χ1n) is 22.3. The number of fused-ring (bicyclic) bond motifs is 7. The lowest BCUT2D eigenvalue weighted by atomic mass is 9.32. The molecule has 1 saturated heterocycles. The largest absolute Gasteiger partial charge is 0.481 e. The van der Waals surface area contributed by atoms with E-state index < -0.39 is 11.4 Å². The Morgan fingerprint density at radius 2 is 1.56 bits per heavy atom. The van der Waals surface area contributed by atoms with Crippen LogP contribution >= 0.6 is 0 Å². The molecule has 7 heteroatoms. The maximum absolute atomic E-state index is 14.5. The lowest BCUT2D eigenvalue weighted by molar-refractivity contribution is -0.250. The van der Waals surface area contributed by atoms with Crippen LogP contribution in [0.4, 0.5) is 0 Å². The molecule has 0 unspecified atom stereocenters. The van der Waals surface area contributed by atoms with Crippen LogP contribution in [0.2, 0.25) is 0 Å². The van der Waals surface area contributed by atoms with E-state index in [-0.39, 0.29) is 52.0 Å². The number of carbonyl (C=O) groups is 3. The summed E-state index contributed by atoms with van der Waals surface area (Å²) in [5, 5.41) is 9.37. The van der Waals surface area contributed by atoms with Gasteiger partial charge in [0.25, 0.3) is 0 Å². The molecule has 7 nitrogen and oxygen atoms in total. The Kier molecular flexibility index (Phi) is 11.4. The number of rotatable bonds is 12. The highest BCUT2D eigenvalue weighted by atomic mass is 16.5. The number of carboxylic acids is 1. The van der Waals surface area contributed by atoms with Crippen molar-refractivity contribution in [2.75, 3.05) is 26.2 Å². The van der Waals surface area contributed by atoms with Crippen LogP contribution in [0.1, 0.15) is 166 Å². The van der Waals surface area contributed by atoms with Gasteiger partial charge in [-0.05, 0) is 154 Å². The minimum absolute atomic E-state index is 0.0435. The van der Waals surface area contributed by atoms with E-state index in [1.165, 1.54) is 50.5 Å². The van der Waals surface area contributed by atoms with E-state index in [0.29, 0.717) is 41.5 Å². The highest BCUT2D eigenvalue weighted by Gasteiger charge is 2.71. The smallest absolute Gasteiger partial charge is 0.306 e. The Hall–Kier alpha value is -1.89. The molecular weight excluding hydrogens is 673 g/mol. The van der Waals surface area contributed by atoms with Crippen molar-refractivity contribution in [1.29, 1.82) is 0 Å². The summed E-state index contributed by atoms with van der Waals surface area (Å²) in [5.74, 6) is 2.01. The molecule has 1 aliphatic heterocycles. The lowest BCUT2D eigenvalue weighted by Gasteiger charge is -2.73. The van der Waals surface area contributed by atoms with Gasteiger partial charge in [0.05, 0.1) is 12.8 Å². The number of likely N-dealkylation sites (N-methyl/N-ethyl adjacent to an activating group) is 1. The van der Waals surface area contributed by atoms with Crippen molar-refractivity contribution in [2.24, 2.45) is 62.1 Å². The van der Waals surface area contributed by atoms with Crippen LogP contribution in [-0.4, -0.2) is 71.1 Å². The zero-order chi connectivity index (χ0) is 39.6. The summed E-state index contributed by atoms with van der Waals surface area (Å²) in [5.41, 5.74) is 1.22. The van der Waals surface area contributed by atoms with Crippen LogP contribution in [0.15, 0.2) is 12.2 Å². The van der Waals surface area contributed by atoms with Gasteiger partial charge in [-0.2, -0.15) is 0 Å². The standard InChI is InChI=1S/C47H78N2O5/c1-12-48(13-2)30-32-15-14-26-49(32)38(50)27-47-23-18-33(31(3)4)41(47)34-16-17-36-44(9)21-20-37(54-40(53)29-42(5,6)28-39(51)52)43(7,8)35(44)19-22-46(36,11)45(34,10)24-25-47/h32-37,41H,3,12-30H2,1-2,4-11H3,(H,51,52)/t32-,33+,34-,35+,36-,37+,41-,44+,45-,46-,47-/m1/s1. The summed E-state index contributed by atoms with van der Waals surface area (Å²) in [4.78, 5) is 44.0. The van der Waals surface area contributed by atoms with E-state index in [2.05, 4.69) is 71.8 Å². The Morgan fingerprint density at radius 1 is 0.852 bits per heavy atom. The molecule has 1 heterocycles. The second-order valence-electron chi connectivity index (χ2n) is 21.8. The van der Waals surface area contributed by atoms with Gasteiger partial charge in [0, 0.05) is 31.0 Å². The minimum Gasteiger partial charge on any atom is -0.481 e. The fraction of sp³-hybridized carbons (Fsp3) is 0.894. The molecule has 0 aromatic rings. The van der Waals surface area contributed by atoms with E-state index in [4.69, 9.17) is 4.74 Å². The molecule has 11 atom stereocenters. The van der Waals surface area contributed by atoms with Crippen molar-refractivity contribution < 1.29 is 24.2 Å². The van der Waals surface area contributed by atoms with E-state index >= 15 is 0 Å². The number of likely N-dealkylation sites (tertiary alicyclic amines) is 1. The number of esters is 1. The molecule has 6 aliphatic rings. The second kappa shape index (κ2) is 14.8. The summed E-state index contributed by atoms with van der Waals surface area (Å²) in [6, 6.07) is 0.358. The molecule has 1 amide bonds. The number of nitrogens with zero attached hydrogens (tertiary/aromatic N) is 2. The Balaban J connectivity index is 1.22. The van der Waals surface area contributed by atoms with Crippen LogP contribution in [0.25, 0.3) is 0 Å². The highest BCUT2D eigenvalue weighted by Crippen LogP contribution is 2.78. The number of carboxylic acid groups (broad SMARTS) is 1. The van der Waals surface area contributed by atoms with Gasteiger partial charge in [0.1, 0.15) is 6.10 Å². The van der Waals surface area contributed by atoms with Gasteiger partial charge < -0.3 is 19.6 Å². The van der Waals surface area contributed by atoms with E-state index in [1.807, 2.05) is 13.8 Å². The predicted molar refractivity (Wildman–Crippen MR) is 217 cm³/mol. The molecule has 306 valence electrons. The van der Waals surface area contributed by atoms with Crippen molar-refractivity contribution >= 4 is 17.8 Å². The summed E-state index contributed by atoms with van der Waals surface area (Å²) in [6.45, 7) is 31.7. The van der Waals surface area contributed by atoms with Gasteiger partial charge in [-0.15, -0.1) is 0 Å². The zero-order valence-electron chi connectivity index (χ0n) is 36.2. The van der Waals surface area contributed by atoms with Gasteiger partial charge in [0.2, 0.25) is 5.91 Å². The SMILES string of the molecule is C=C(C)[C@@H]1CC[C@]2(CC(=O)N3CCC[C@@H]3CN(CC)CC)CC[C@]3(C)[C@H](CC[C@@H]4[C@@]5(C)CC[C@H](OC(=O)CC(C)(C)CC(=O)O)C(C)(C)[C@@H]5CC[C@]43C)[C@@H]12. The molecule has 6 rings (SSSR count). The fourth-order valence-corrected chi connectivity index (χ4v) is 15.4. The third kappa shape index (κ3) is 6.92. The van der Waals surface area contributed by atoms with Crippen molar-refractivity contribution in [3.05, 3.63) is 12.2 Å². The number of hydrogen-bond acceptors (Lipinski definition) is 5. The summed E-state index contributed by atoms with van der Waals surface area (Å²) < 4.78 is 6.31. The molecule has 0 aromatic carbocycles. The summed E-state index contributed by atoms with van der Waals surface area (Å²) in [7, 11) is 0. The molecule has 0 bridgehead atoms. The topological polar surface area (TPSA) is 87.2 Å². The third-order valence-corrected chi connectivity index (χ3v) is 18.3. The van der Waals surface area contributed by atoms with Crippen molar-refractivity contribution in [3.8, 4) is 0 Å². The number of allylic oxidation sites excluding steroid dienone is 1. The first kappa shape index (κ1) is 41.7. The number of carbonyl (C=O) groups excluding carboxylic acids is 2. The average Bonchev–Trinajstić information content (AvgIpc) is 3.69. The predicted octanol–water partition coefficient (Wildman–Crippen LogP) is 10.2. The number of amides is 1. The third-order valence-electron chi connectivity index (χ3n) is 18.3. The number of hydrogen-bond donors (Lipinski definition) is 1.